The van der Waals surface area contributed by atoms with Crippen molar-refractivity contribution in [2.24, 2.45) is 5.11 Å². The Morgan fingerprint density at radius 2 is 1.49 bits per heavy atom. The predicted molar refractivity (Wildman–Crippen MR) is 155 cm³/mol. The lowest BCUT2D eigenvalue weighted by Gasteiger charge is -2.49. The fraction of sp³-hybridized carbons (Fsp3) is 0.345. The van der Waals surface area contributed by atoms with E-state index in [9.17, 15) is 15.4 Å². The number of aliphatic hydroxyl groups is 1. The molecule has 0 aromatic heterocycles. The number of azide groups is 1. The first kappa shape index (κ1) is 28.9. The Hall–Kier alpha value is -3.11. The second kappa shape index (κ2) is 12.4. The molecule has 4 rings (SSSR count). The van der Waals surface area contributed by atoms with E-state index in [0.717, 1.165) is 10.4 Å². The summed E-state index contributed by atoms with van der Waals surface area (Å²) in [5, 5.41) is 16.6. The van der Waals surface area contributed by atoms with Crippen LogP contribution in [0.2, 0.25) is 5.04 Å². The zero-order chi connectivity index (χ0) is 28.0. The molecule has 1 unspecified atom stereocenters. The van der Waals surface area contributed by atoms with Crippen LogP contribution in [0.4, 0.5) is 0 Å². The molecule has 1 saturated heterocycles. The highest BCUT2D eigenvalue weighted by Crippen LogP contribution is 2.41. The van der Waals surface area contributed by atoms with Gasteiger partial charge in [0.1, 0.15) is 17.6 Å². The van der Waals surface area contributed by atoms with Crippen molar-refractivity contribution in [3.05, 3.63) is 107 Å². The van der Waals surface area contributed by atoms with Gasteiger partial charge in [-0.3, -0.25) is 0 Å². The van der Waals surface area contributed by atoms with Crippen LogP contribution in [-0.4, -0.2) is 55.6 Å². The van der Waals surface area contributed by atoms with Gasteiger partial charge in [-0.15, -0.1) is 11.8 Å². The summed E-state index contributed by atoms with van der Waals surface area (Å²) in [7, 11) is -3.17. The molecule has 8 nitrogen and oxygen atoms in total. The summed E-state index contributed by atoms with van der Waals surface area (Å²) < 4.78 is 19.4. The van der Waals surface area contributed by atoms with Crippen LogP contribution < -0.4 is 10.4 Å². The molecule has 10 heteroatoms. The van der Waals surface area contributed by atoms with Gasteiger partial charge in [0.15, 0.2) is 12.4 Å². The molecular formula is C29H33N3O5SSi. The SMILES string of the molecule is CS[C@@H]1OC(O[Si](c2ccccc2)(c2ccccc2)C(C)(C)C)[C@H](OC(=O)c2ccccc2)[C@@H](N=[N+]=[N-])[C@H]1O. The molecule has 1 aliphatic heterocycles. The van der Waals surface area contributed by atoms with Crippen molar-refractivity contribution in [3.8, 4) is 0 Å². The van der Waals surface area contributed by atoms with Crippen molar-refractivity contribution in [1.82, 2.24) is 0 Å². The van der Waals surface area contributed by atoms with E-state index in [1.165, 1.54) is 11.8 Å². The third kappa shape index (κ3) is 5.91. The van der Waals surface area contributed by atoms with Crippen LogP contribution in [0.5, 0.6) is 0 Å². The van der Waals surface area contributed by atoms with Crippen molar-refractivity contribution in [2.75, 3.05) is 6.26 Å². The summed E-state index contributed by atoms with van der Waals surface area (Å²) in [6.45, 7) is 6.37. The molecule has 1 fully saturated rings. The van der Waals surface area contributed by atoms with Crippen molar-refractivity contribution in [3.63, 3.8) is 0 Å². The number of aliphatic hydroxyl groups excluding tert-OH is 1. The zero-order valence-corrected chi connectivity index (χ0v) is 24.2. The summed E-state index contributed by atoms with van der Waals surface area (Å²) in [5.74, 6) is -0.631. The topological polar surface area (TPSA) is 114 Å². The van der Waals surface area contributed by atoms with Crippen LogP contribution >= 0.6 is 11.8 Å². The Balaban J connectivity index is 1.87. The highest BCUT2D eigenvalue weighted by Gasteiger charge is 2.56. The van der Waals surface area contributed by atoms with Crippen molar-refractivity contribution in [1.29, 1.82) is 0 Å². The van der Waals surface area contributed by atoms with Gasteiger partial charge in [-0.2, -0.15) is 0 Å². The number of benzene rings is 3. The second-order valence-corrected chi connectivity index (χ2v) is 15.5. The van der Waals surface area contributed by atoms with Crippen molar-refractivity contribution < 1.29 is 23.8 Å². The number of nitrogens with zero attached hydrogens (tertiary/aromatic N) is 3. The van der Waals surface area contributed by atoms with Gasteiger partial charge in [0.2, 0.25) is 0 Å². The maximum Gasteiger partial charge on any atom is 0.338 e. The lowest BCUT2D eigenvalue weighted by Crippen LogP contribution is -2.70. The molecule has 3 aromatic carbocycles. The van der Waals surface area contributed by atoms with E-state index in [0.29, 0.717) is 5.56 Å². The van der Waals surface area contributed by atoms with Gasteiger partial charge in [0.05, 0.1) is 5.56 Å². The minimum atomic E-state index is -3.17. The summed E-state index contributed by atoms with van der Waals surface area (Å²) in [4.78, 5) is 16.2. The normalized spacial score (nSPS) is 23.5. The van der Waals surface area contributed by atoms with Gasteiger partial charge >= 0.3 is 5.97 Å². The Bertz CT molecular complexity index is 1250. The molecule has 1 N–H and O–H groups in total. The first-order chi connectivity index (χ1) is 18.7. The fourth-order valence-corrected chi connectivity index (χ4v) is 10.3. The largest absolute Gasteiger partial charge is 0.453 e. The number of ether oxygens (including phenoxy) is 2. The van der Waals surface area contributed by atoms with Crippen LogP contribution in [0.15, 0.2) is 96.1 Å². The van der Waals surface area contributed by atoms with E-state index < -0.39 is 49.3 Å². The van der Waals surface area contributed by atoms with E-state index in [2.05, 4.69) is 30.8 Å². The highest BCUT2D eigenvalue weighted by atomic mass is 32.2. The van der Waals surface area contributed by atoms with Gasteiger partial charge in [0.25, 0.3) is 8.32 Å². The Labute approximate surface area is 234 Å². The maximum atomic E-state index is 13.2. The van der Waals surface area contributed by atoms with Gasteiger partial charge in [-0.25, -0.2) is 4.79 Å². The minimum absolute atomic E-state index is 0.322. The Morgan fingerprint density at radius 1 is 0.974 bits per heavy atom. The molecule has 3 aromatic rings. The number of carbonyl (C=O) groups is 1. The number of thioether (sulfide) groups is 1. The third-order valence-corrected chi connectivity index (χ3v) is 12.7. The van der Waals surface area contributed by atoms with Crippen LogP contribution in [0.3, 0.4) is 0 Å². The summed E-state index contributed by atoms with van der Waals surface area (Å²) >= 11 is 1.27. The van der Waals surface area contributed by atoms with E-state index in [1.807, 2.05) is 60.7 Å². The number of hydrogen-bond donors (Lipinski definition) is 1. The number of hydrogen-bond acceptors (Lipinski definition) is 7. The fourth-order valence-electron chi connectivity index (χ4n) is 5.05. The molecule has 0 spiro atoms. The Kier molecular flexibility index (Phi) is 9.17. The molecular weight excluding hydrogens is 530 g/mol. The van der Waals surface area contributed by atoms with Gasteiger partial charge in [0, 0.05) is 4.91 Å². The molecule has 0 bridgehead atoms. The lowest BCUT2D eigenvalue weighted by atomic mass is 10.0. The van der Waals surface area contributed by atoms with E-state index >= 15 is 0 Å². The van der Waals surface area contributed by atoms with Crippen molar-refractivity contribution >= 4 is 36.4 Å². The molecule has 1 heterocycles. The predicted octanol–water partition coefficient (Wildman–Crippen LogP) is 4.87. The molecule has 204 valence electrons. The standard InChI is InChI=1S/C29H33N3O5SSi/c1-29(2,3)39(21-16-10-6-11-17-21,22-18-12-7-13-19-22)37-27-25(35-26(34)20-14-8-5-9-15-20)23(31-32-30)24(33)28(36-27)38-4/h5-19,23-25,27-28,33H,1-4H3/t23-,24+,25+,27?,28-/m0/s1. The van der Waals surface area contributed by atoms with E-state index in [1.54, 1.807) is 36.6 Å². The number of rotatable bonds is 8. The van der Waals surface area contributed by atoms with Gasteiger partial charge < -0.3 is 19.0 Å². The number of carbonyl (C=O) groups excluding carboxylic acids is 1. The summed E-state index contributed by atoms with van der Waals surface area (Å²) in [6, 6.07) is 27.4. The molecule has 0 aliphatic carbocycles. The van der Waals surface area contributed by atoms with Gasteiger partial charge in [-0.05, 0) is 39.3 Å². The van der Waals surface area contributed by atoms with Crippen molar-refractivity contribution in [2.45, 2.75) is 55.8 Å². The smallest absolute Gasteiger partial charge is 0.338 e. The first-order valence-electron chi connectivity index (χ1n) is 12.7. The highest BCUT2D eigenvalue weighted by molar-refractivity contribution is 7.99. The quantitative estimate of drug-likeness (QED) is 0.137. The first-order valence-corrected chi connectivity index (χ1v) is 15.9. The number of esters is 1. The van der Waals surface area contributed by atoms with E-state index in [-0.39, 0.29) is 0 Å². The zero-order valence-electron chi connectivity index (χ0n) is 22.4. The average Bonchev–Trinajstić information content (AvgIpc) is 2.95. The molecule has 5 atom stereocenters. The maximum absolute atomic E-state index is 13.2. The summed E-state index contributed by atoms with van der Waals surface area (Å²) in [6.07, 6.45) is -1.76. The molecule has 0 saturated carbocycles. The molecule has 0 radical (unpaired) electrons. The average molecular weight is 564 g/mol. The summed E-state index contributed by atoms with van der Waals surface area (Å²) in [5.41, 5.74) is 8.95. The van der Waals surface area contributed by atoms with Crippen LogP contribution in [0.25, 0.3) is 10.4 Å². The Morgan fingerprint density at radius 3 is 1.95 bits per heavy atom. The monoisotopic (exact) mass is 563 g/mol. The lowest BCUT2D eigenvalue weighted by molar-refractivity contribution is -0.221. The molecule has 1 aliphatic rings. The second-order valence-electron chi connectivity index (χ2n) is 10.3. The third-order valence-electron chi connectivity index (χ3n) is 6.88. The van der Waals surface area contributed by atoms with Crippen LogP contribution in [0, 0.1) is 0 Å². The molecule has 39 heavy (non-hydrogen) atoms. The molecule has 0 amide bonds. The van der Waals surface area contributed by atoms with Crippen LogP contribution in [-0.2, 0) is 13.9 Å². The van der Waals surface area contributed by atoms with Crippen LogP contribution in [0.1, 0.15) is 31.1 Å². The van der Waals surface area contributed by atoms with Gasteiger partial charge in [-0.1, -0.05) is 105 Å². The minimum Gasteiger partial charge on any atom is -0.453 e. The van der Waals surface area contributed by atoms with E-state index in [4.69, 9.17) is 13.9 Å².